The van der Waals surface area contributed by atoms with Crippen molar-refractivity contribution in [2.75, 3.05) is 35.8 Å². The second-order valence-electron chi connectivity index (χ2n) is 9.14. The highest BCUT2D eigenvalue weighted by Crippen LogP contribution is 2.46. The SMILES string of the molecule is COc1cc(Nc2ncc3c(n2)N(C)C2(CCCC2)C(=O)N3CC(F)(F)F)ccc1-n1cnc(C)c1. The fourth-order valence-electron chi connectivity index (χ4n) is 5.07. The Kier molecular flexibility index (Phi) is 5.76. The zero-order chi connectivity index (χ0) is 25.7. The number of amides is 1. The molecule has 1 saturated carbocycles. The molecule has 1 aliphatic heterocycles. The molecule has 1 spiro atoms. The number of aromatic nitrogens is 4. The summed E-state index contributed by atoms with van der Waals surface area (Å²) in [5, 5.41) is 3.11. The minimum atomic E-state index is -4.55. The first kappa shape index (κ1) is 23.9. The number of fused-ring (bicyclic) bond motifs is 1. The number of hydrogen-bond donors (Lipinski definition) is 1. The number of aryl methyl sites for hydroxylation is 1. The first-order chi connectivity index (χ1) is 17.1. The van der Waals surface area contributed by atoms with Crippen molar-refractivity contribution in [3.05, 3.63) is 42.6 Å². The lowest BCUT2D eigenvalue weighted by Crippen LogP contribution is -2.62. The molecule has 5 rings (SSSR count). The van der Waals surface area contributed by atoms with E-state index in [9.17, 15) is 18.0 Å². The number of carbonyl (C=O) groups excluding carboxylic acids is 1. The van der Waals surface area contributed by atoms with Gasteiger partial charge in [-0.05, 0) is 31.9 Å². The number of likely N-dealkylation sites (N-methyl/N-ethyl adjacent to an activating group) is 1. The van der Waals surface area contributed by atoms with E-state index in [-0.39, 0.29) is 17.5 Å². The number of hydrogen-bond acceptors (Lipinski definition) is 7. The van der Waals surface area contributed by atoms with E-state index in [2.05, 4.69) is 20.3 Å². The molecule has 0 unspecified atom stereocenters. The van der Waals surface area contributed by atoms with E-state index < -0.39 is 24.2 Å². The maximum Gasteiger partial charge on any atom is 0.406 e. The molecule has 1 fully saturated rings. The summed E-state index contributed by atoms with van der Waals surface area (Å²) in [5.74, 6) is 0.519. The van der Waals surface area contributed by atoms with Crippen LogP contribution in [-0.2, 0) is 4.79 Å². The molecule has 190 valence electrons. The molecule has 1 amide bonds. The summed E-state index contributed by atoms with van der Waals surface area (Å²) in [4.78, 5) is 28.8. The van der Waals surface area contributed by atoms with Crippen LogP contribution in [0.5, 0.6) is 5.75 Å². The van der Waals surface area contributed by atoms with Crippen LogP contribution in [0.3, 0.4) is 0 Å². The van der Waals surface area contributed by atoms with Gasteiger partial charge in [0.15, 0.2) is 5.82 Å². The summed E-state index contributed by atoms with van der Waals surface area (Å²) < 4.78 is 47.6. The van der Waals surface area contributed by atoms with Crippen LogP contribution >= 0.6 is 0 Å². The van der Waals surface area contributed by atoms with Gasteiger partial charge >= 0.3 is 6.18 Å². The number of carbonyl (C=O) groups is 1. The second kappa shape index (κ2) is 8.68. The zero-order valence-corrected chi connectivity index (χ0v) is 20.1. The molecule has 1 N–H and O–H groups in total. The fourth-order valence-corrected chi connectivity index (χ4v) is 5.07. The third-order valence-electron chi connectivity index (χ3n) is 6.84. The molecule has 36 heavy (non-hydrogen) atoms. The van der Waals surface area contributed by atoms with Crippen molar-refractivity contribution in [3.8, 4) is 11.4 Å². The first-order valence-electron chi connectivity index (χ1n) is 11.6. The van der Waals surface area contributed by atoms with Crippen LogP contribution in [0.15, 0.2) is 36.9 Å². The largest absolute Gasteiger partial charge is 0.494 e. The Morgan fingerprint density at radius 2 is 1.92 bits per heavy atom. The minimum absolute atomic E-state index is 0.0475. The number of rotatable bonds is 5. The topological polar surface area (TPSA) is 88.4 Å². The smallest absolute Gasteiger partial charge is 0.406 e. The zero-order valence-electron chi connectivity index (χ0n) is 20.1. The van der Waals surface area contributed by atoms with Crippen molar-refractivity contribution in [2.24, 2.45) is 0 Å². The van der Waals surface area contributed by atoms with Gasteiger partial charge in [-0.25, -0.2) is 9.97 Å². The van der Waals surface area contributed by atoms with Gasteiger partial charge in [0.2, 0.25) is 5.95 Å². The van der Waals surface area contributed by atoms with Crippen molar-refractivity contribution in [2.45, 2.75) is 44.3 Å². The number of nitrogens with one attached hydrogen (secondary N) is 1. The normalized spacial score (nSPS) is 17.0. The Morgan fingerprint density at radius 3 is 2.56 bits per heavy atom. The van der Waals surface area contributed by atoms with E-state index in [1.807, 2.05) is 29.8 Å². The number of methoxy groups -OCH3 is 1. The molecule has 1 aromatic carbocycles. The lowest BCUT2D eigenvalue weighted by Gasteiger charge is -2.47. The number of anilines is 4. The van der Waals surface area contributed by atoms with Gasteiger partial charge in [-0.1, -0.05) is 12.8 Å². The van der Waals surface area contributed by atoms with Gasteiger partial charge in [-0.2, -0.15) is 18.2 Å². The Balaban J connectivity index is 1.49. The molecule has 0 radical (unpaired) electrons. The average molecular weight is 502 g/mol. The minimum Gasteiger partial charge on any atom is -0.494 e. The average Bonchev–Trinajstić information content (AvgIpc) is 3.50. The summed E-state index contributed by atoms with van der Waals surface area (Å²) >= 11 is 0. The maximum absolute atomic E-state index is 13.4. The van der Waals surface area contributed by atoms with Gasteiger partial charge in [-0.15, -0.1) is 0 Å². The van der Waals surface area contributed by atoms with Crippen LogP contribution in [0.4, 0.5) is 36.3 Å². The van der Waals surface area contributed by atoms with E-state index in [0.717, 1.165) is 29.1 Å². The highest BCUT2D eigenvalue weighted by molar-refractivity contribution is 6.08. The van der Waals surface area contributed by atoms with Gasteiger partial charge in [0.25, 0.3) is 5.91 Å². The predicted octanol–water partition coefficient (Wildman–Crippen LogP) is 4.38. The number of ether oxygens (including phenoxy) is 1. The van der Waals surface area contributed by atoms with E-state index in [1.165, 1.54) is 6.20 Å². The van der Waals surface area contributed by atoms with Gasteiger partial charge < -0.3 is 19.5 Å². The Morgan fingerprint density at radius 1 is 1.17 bits per heavy atom. The molecule has 3 heterocycles. The number of benzene rings is 1. The summed E-state index contributed by atoms with van der Waals surface area (Å²) in [6, 6.07) is 5.44. The van der Waals surface area contributed by atoms with Crippen LogP contribution < -0.4 is 19.9 Å². The van der Waals surface area contributed by atoms with Crippen LogP contribution in [-0.4, -0.2) is 57.8 Å². The fraction of sp³-hybridized carbons (Fsp3) is 0.417. The van der Waals surface area contributed by atoms with Crippen LogP contribution in [0.2, 0.25) is 0 Å². The number of imidazole rings is 1. The highest BCUT2D eigenvalue weighted by atomic mass is 19.4. The van der Waals surface area contributed by atoms with Crippen molar-refractivity contribution < 1.29 is 22.7 Å². The molecule has 12 heteroatoms. The Hall–Kier alpha value is -3.83. The number of nitrogens with zero attached hydrogens (tertiary/aromatic N) is 6. The van der Waals surface area contributed by atoms with Crippen molar-refractivity contribution in [3.63, 3.8) is 0 Å². The molecule has 2 aromatic heterocycles. The lowest BCUT2D eigenvalue weighted by molar-refractivity contribution is -0.136. The molecule has 9 nitrogen and oxygen atoms in total. The summed E-state index contributed by atoms with van der Waals surface area (Å²) in [6.07, 6.45) is 2.78. The monoisotopic (exact) mass is 501 g/mol. The van der Waals surface area contributed by atoms with Crippen LogP contribution in [0.1, 0.15) is 31.4 Å². The summed E-state index contributed by atoms with van der Waals surface area (Å²) in [7, 11) is 3.28. The van der Waals surface area contributed by atoms with E-state index in [0.29, 0.717) is 24.3 Å². The second-order valence-corrected chi connectivity index (χ2v) is 9.14. The number of alkyl halides is 3. The quantitative estimate of drug-likeness (QED) is 0.555. The molecule has 0 atom stereocenters. The van der Waals surface area contributed by atoms with Crippen molar-refractivity contribution in [1.29, 1.82) is 0 Å². The third kappa shape index (κ3) is 4.10. The third-order valence-corrected chi connectivity index (χ3v) is 6.84. The van der Waals surface area contributed by atoms with Gasteiger partial charge in [-0.3, -0.25) is 9.69 Å². The van der Waals surface area contributed by atoms with E-state index >= 15 is 0 Å². The van der Waals surface area contributed by atoms with E-state index in [1.54, 1.807) is 31.5 Å². The number of halogens is 3. The molecule has 2 aliphatic rings. The molecule has 0 saturated heterocycles. The molecule has 1 aliphatic carbocycles. The highest BCUT2D eigenvalue weighted by Gasteiger charge is 2.53. The molecular formula is C24H26F3N7O2. The van der Waals surface area contributed by atoms with E-state index in [4.69, 9.17) is 4.74 Å². The Bertz CT molecular complexity index is 1300. The first-order valence-corrected chi connectivity index (χ1v) is 11.6. The summed E-state index contributed by atoms with van der Waals surface area (Å²) in [6.45, 7) is 0.513. The van der Waals surface area contributed by atoms with Crippen LogP contribution in [0, 0.1) is 6.92 Å². The van der Waals surface area contributed by atoms with Gasteiger partial charge in [0.05, 0.1) is 31.0 Å². The van der Waals surface area contributed by atoms with Crippen LogP contribution in [0.25, 0.3) is 5.69 Å². The Labute approximate surface area is 205 Å². The van der Waals surface area contributed by atoms with Crippen molar-refractivity contribution in [1.82, 2.24) is 19.5 Å². The van der Waals surface area contributed by atoms with Gasteiger partial charge in [0.1, 0.15) is 23.5 Å². The van der Waals surface area contributed by atoms with Crippen molar-refractivity contribution >= 4 is 29.0 Å². The van der Waals surface area contributed by atoms with Gasteiger partial charge in [0, 0.05) is 25.0 Å². The summed E-state index contributed by atoms with van der Waals surface area (Å²) in [5.41, 5.74) is 1.30. The molecule has 0 bridgehead atoms. The lowest BCUT2D eigenvalue weighted by atomic mass is 9.90. The molecular weight excluding hydrogens is 475 g/mol. The maximum atomic E-state index is 13.4. The molecule has 3 aromatic rings. The standard InChI is InChI=1S/C24H26F3N7O2/c1-15-12-33(14-29-15)17-7-6-16(10-19(17)36-3)30-22-28-11-18-20(31-22)32(2)23(8-4-5-9-23)21(35)34(18)13-24(25,26)27/h6-7,10-12,14H,4-5,8-9,13H2,1-3H3,(H,28,30,31). The predicted molar refractivity (Wildman–Crippen MR) is 128 cm³/mol.